The van der Waals surface area contributed by atoms with Crippen LogP contribution in [0.15, 0.2) is 20.0 Å². The van der Waals surface area contributed by atoms with Gasteiger partial charge in [0.05, 0.1) is 5.69 Å². The maximum Gasteiger partial charge on any atom is 0.292 e. The van der Waals surface area contributed by atoms with Crippen molar-refractivity contribution in [1.82, 2.24) is 19.5 Å². The zero-order chi connectivity index (χ0) is 17.5. The van der Waals surface area contributed by atoms with Gasteiger partial charge in [0.25, 0.3) is 5.91 Å². The molecule has 24 heavy (non-hydrogen) atoms. The van der Waals surface area contributed by atoms with E-state index in [1.807, 2.05) is 0 Å². The first kappa shape index (κ1) is 16.7. The Morgan fingerprint density at radius 3 is 2.25 bits per heavy atom. The average molecular weight is 354 g/mol. The van der Waals surface area contributed by atoms with Crippen molar-refractivity contribution in [2.24, 2.45) is 0 Å². The van der Waals surface area contributed by atoms with Crippen LogP contribution in [-0.2, 0) is 10.0 Å². The lowest BCUT2D eigenvalue weighted by atomic mass is 10.3. The molecule has 1 saturated heterocycles. The van der Waals surface area contributed by atoms with Crippen LogP contribution in [0.4, 0.5) is 0 Å². The lowest BCUT2D eigenvalue weighted by Gasteiger charge is -2.33. The van der Waals surface area contributed by atoms with Gasteiger partial charge in [-0.2, -0.15) is 4.31 Å². The summed E-state index contributed by atoms with van der Waals surface area (Å²) >= 11 is 0. The number of carbonyl (C=O) groups excluding carboxylic acids is 1. The zero-order valence-corrected chi connectivity index (χ0v) is 14.5. The van der Waals surface area contributed by atoms with Crippen LogP contribution in [0.2, 0.25) is 0 Å². The van der Waals surface area contributed by atoms with Gasteiger partial charge >= 0.3 is 0 Å². The van der Waals surface area contributed by atoms with Gasteiger partial charge in [0.15, 0.2) is 5.76 Å². The molecule has 0 radical (unpaired) electrons. The molecule has 1 aliphatic heterocycles. The van der Waals surface area contributed by atoms with Crippen LogP contribution in [0.1, 0.15) is 27.7 Å². The van der Waals surface area contributed by atoms with Crippen LogP contribution in [0.3, 0.4) is 0 Å². The minimum absolute atomic E-state index is 0.105. The third-order valence-corrected chi connectivity index (χ3v) is 6.07. The molecule has 0 aromatic carbocycles. The fourth-order valence-electron chi connectivity index (χ4n) is 2.72. The fourth-order valence-corrected chi connectivity index (χ4v) is 4.44. The highest BCUT2D eigenvalue weighted by molar-refractivity contribution is 7.89. The fraction of sp³-hybridized carbons (Fsp3) is 0.500. The molecule has 0 bridgehead atoms. The largest absolute Gasteiger partial charge is 0.360 e. The molecule has 3 heterocycles. The Balaban J connectivity index is 1.72. The molecule has 2 aromatic heterocycles. The van der Waals surface area contributed by atoms with E-state index in [9.17, 15) is 13.2 Å². The van der Waals surface area contributed by atoms with Gasteiger partial charge in [-0.25, -0.2) is 8.42 Å². The number of rotatable bonds is 3. The maximum absolute atomic E-state index is 12.7. The molecule has 130 valence electrons. The molecule has 0 spiro atoms. The lowest BCUT2D eigenvalue weighted by Crippen LogP contribution is -2.50. The summed E-state index contributed by atoms with van der Waals surface area (Å²) in [6.45, 7) is 5.85. The van der Waals surface area contributed by atoms with Crippen molar-refractivity contribution in [3.63, 3.8) is 0 Å². The molecule has 1 fully saturated rings. The number of amides is 1. The molecule has 0 unspecified atom stereocenters. The maximum atomic E-state index is 12.7. The third kappa shape index (κ3) is 2.82. The Bertz CT molecular complexity index is 842. The summed E-state index contributed by atoms with van der Waals surface area (Å²) in [5, 5.41) is 7.39. The topological polar surface area (TPSA) is 110 Å². The van der Waals surface area contributed by atoms with Gasteiger partial charge in [0.2, 0.25) is 15.8 Å². The summed E-state index contributed by atoms with van der Waals surface area (Å²) in [6.07, 6.45) is 0. The lowest BCUT2D eigenvalue weighted by molar-refractivity contribution is 0.0656. The standard InChI is InChI=1S/C14H18N4O5S/c1-9-8-12(23-15-9)14(19)17-4-6-18(7-5-17)24(20,21)13-10(2)16-22-11(13)3/h8H,4-7H2,1-3H3. The number of piperazine rings is 1. The predicted octanol–water partition coefficient (Wildman–Crippen LogP) is 0.735. The van der Waals surface area contributed by atoms with Gasteiger partial charge < -0.3 is 13.9 Å². The van der Waals surface area contributed by atoms with Crippen LogP contribution in [-0.4, -0.2) is 60.0 Å². The summed E-state index contributed by atoms with van der Waals surface area (Å²) in [5.74, 6) is 0.141. The molecular formula is C14H18N4O5S. The van der Waals surface area contributed by atoms with Gasteiger partial charge in [-0.15, -0.1) is 0 Å². The first-order valence-corrected chi connectivity index (χ1v) is 8.90. The van der Waals surface area contributed by atoms with E-state index < -0.39 is 10.0 Å². The monoisotopic (exact) mass is 354 g/mol. The summed E-state index contributed by atoms with van der Waals surface area (Å²) in [7, 11) is -3.69. The molecule has 0 aliphatic carbocycles. The highest BCUT2D eigenvalue weighted by Crippen LogP contribution is 2.24. The summed E-state index contributed by atoms with van der Waals surface area (Å²) in [6, 6.07) is 1.56. The molecule has 0 atom stereocenters. The van der Waals surface area contributed by atoms with Crippen LogP contribution < -0.4 is 0 Å². The van der Waals surface area contributed by atoms with E-state index in [-0.39, 0.29) is 48.5 Å². The van der Waals surface area contributed by atoms with Gasteiger partial charge in [-0.1, -0.05) is 10.3 Å². The number of nitrogens with zero attached hydrogens (tertiary/aromatic N) is 4. The molecule has 3 rings (SSSR count). The van der Waals surface area contributed by atoms with Crippen molar-refractivity contribution in [3.05, 3.63) is 29.0 Å². The normalized spacial score (nSPS) is 16.5. The third-order valence-electron chi connectivity index (χ3n) is 3.93. The Morgan fingerprint density at radius 2 is 1.75 bits per heavy atom. The first-order valence-electron chi connectivity index (χ1n) is 7.46. The number of aryl methyl sites for hydroxylation is 3. The molecule has 10 heteroatoms. The van der Waals surface area contributed by atoms with Crippen LogP contribution in [0, 0.1) is 20.8 Å². The number of hydrogen-bond acceptors (Lipinski definition) is 7. The average Bonchev–Trinajstić information content (AvgIpc) is 3.12. The summed E-state index contributed by atoms with van der Waals surface area (Å²) in [5.41, 5.74) is 0.959. The van der Waals surface area contributed by atoms with E-state index >= 15 is 0 Å². The Morgan fingerprint density at radius 1 is 1.08 bits per heavy atom. The van der Waals surface area contributed by atoms with Crippen molar-refractivity contribution in [2.45, 2.75) is 25.7 Å². The van der Waals surface area contributed by atoms with Crippen LogP contribution in [0.25, 0.3) is 0 Å². The van der Waals surface area contributed by atoms with Crippen LogP contribution >= 0.6 is 0 Å². The van der Waals surface area contributed by atoms with Crippen molar-refractivity contribution in [2.75, 3.05) is 26.2 Å². The van der Waals surface area contributed by atoms with Crippen molar-refractivity contribution >= 4 is 15.9 Å². The number of sulfonamides is 1. The highest BCUT2D eigenvalue weighted by atomic mass is 32.2. The Hall–Kier alpha value is -2.20. The molecule has 9 nitrogen and oxygen atoms in total. The zero-order valence-electron chi connectivity index (χ0n) is 13.6. The second kappa shape index (κ2) is 6.02. The van der Waals surface area contributed by atoms with Gasteiger partial charge in [0, 0.05) is 32.2 Å². The minimum Gasteiger partial charge on any atom is -0.360 e. The predicted molar refractivity (Wildman–Crippen MR) is 81.9 cm³/mol. The van der Waals surface area contributed by atoms with E-state index in [1.54, 1.807) is 31.7 Å². The second-order valence-electron chi connectivity index (χ2n) is 5.68. The SMILES string of the molecule is Cc1cc(C(=O)N2CCN(S(=O)(=O)c3c(C)noc3C)CC2)on1. The molecule has 2 aromatic rings. The molecule has 1 amide bonds. The summed E-state index contributed by atoms with van der Waals surface area (Å²) < 4.78 is 36.7. The van der Waals surface area contributed by atoms with E-state index in [2.05, 4.69) is 10.3 Å². The van der Waals surface area contributed by atoms with E-state index in [1.165, 1.54) is 4.31 Å². The summed E-state index contributed by atoms with van der Waals surface area (Å²) in [4.78, 5) is 14.0. The number of carbonyl (C=O) groups is 1. The van der Waals surface area contributed by atoms with Crippen molar-refractivity contribution < 1.29 is 22.3 Å². The second-order valence-corrected chi connectivity index (χ2v) is 7.56. The van der Waals surface area contributed by atoms with Crippen molar-refractivity contribution in [1.29, 1.82) is 0 Å². The van der Waals surface area contributed by atoms with Crippen LogP contribution in [0.5, 0.6) is 0 Å². The molecule has 1 aliphatic rings. The number of hydrogen-bond donors (Lipinski definition) is 0. The Kier molecular flexibility index (Phi) is 4.18. The Labute approximate surface area is 139 Å². The molecule has 0 saturated carbocycles. The molecular weight excluding hydrogens is 336 g/mol. The van der Waals surface area contributed by atoms with E-state index in [4.69, 9.17) is 9.05 Å². The van der Waals surface area contributed by atoms with E-state index in [0.717, 1.165) is 0 Å². The highest BCUT2D eigenvalue weighted by Gasteiger charge is 2.34. The van der Waals surface area contributed by atoms with E-state index in [0.29, 0.717) is 11.4 Å². The van der Waals surface area contributed by atoms with Gasteiger partial charge in [-0.05, 0) is 20.8 Å². The van der Waals surface area contributed by atoms with Crippen molar-refractivity contribution in [3.8, 4) is 0 Å². The van der Waals surface area contributed by atoms with Gasteiger partial charge in [0.1, 0.15) is 10.6 Å². The smallest absolute Gasteiger partial charge is 0.292 e. The number of aromatic nitrogens is 2. The first-order chi connectivity index (χ1) is 11.3. The quantitative estimate of drug-likeness (QED) is 0.799. The molecule has 0 N–H and O–H groups in total. The van der Waals surface area contributed by atoms with Gasteiger partial charge in [-0.3, -0.25) is 4.79 Å². The minimum atomic E-state index is -3.69.